The van der Waals surface area contributed by atoms with Crippen molar-refractivity contribution < 1.29 is 9.53 Å². The fourth-order valence-electron chi connectivity index (χ4n) is 1.28. The van der Waals surface area contributed by atoms with Gasteiger partial charge < -0.3 is 4.74 Å². The van der Waals surface area contributed by atoms with E-state index in [1.54, 1.807) is 7.11 Å². The van der Waals surface area contributed by atoms with Crippen LogP contribution in [-0.4, -0.2) is 20.0 Å². The summed E-state index contributed by atoms with van der Waals surface area (Å²) < 4.78 is 4.95. The molecule has 0 saturated carbocycles. The quantitative estimate of drug-likeness (QED) is 0.549. The molecule has 0 unspecified atom stereocenters. The molecule has 1 rings (SSSR count). The molecule has 0 aliphatic heterocycles. The lowest BCUT2D eigenvalue weighted by atomic mass is 10.0. The third-order valence-corrected chi connectivity index (χ3v) is 1.98. The number of rotatable bonds is 5. The van der Waals surface area contributed by atoms with Crippen LogP contribution in [0.1, 0.15) is 36.2 Å². The topological polar surface area (TPSA) is 26.3 Å². The maximum absolute atomic E-state index is 10.6. The van der Waals surface area contributed by atoms with Crippen LogP contribution in [0.15, 0.2) is 24.3 Å². The maximum Gasteiger partial charge on any atom is 0.150 e. The smallest absolute Gasteiger partial charge is 0.150 e. The van der Waals surface area contributed by atoms with Crippen LogP contribution in [0.5, 0.6) is 0 Å². The highest BCUT2D eigenvalue weighted by Crippen LogP contribution is 2.08. The molecule has 0 radical (unpaired) electrons. The molecule has 1 aromatic carbocycles. The first-order valence-corrected chi connectivity index (χ1v) is 5.40. The molecule has 0 fully saturated rings. The van der Waals surface area contributed by atoms with Crippen molar-refractivity contribution >= 4 is 6.29 Å². The van der Waals surface area contributed by atoms with Crippen LogP contribution in [-0.2, 0) is 11.2 Å². The molecule has 2 nitrogen and oxygen atoms in total. The molecule has 1 aromatic rings. The molecule has 0 saturated heterocycles. The Balaban J connectivity index is 0.000000921. The summed E-state index contributed by atoms with van der Waals surface area (Å²) in [7, 11) is 1.69. The van der Waals surface area contributed by atoms with Crippen LogP contribution >= 0.6 is 0 Å². The van der Waals surface area contributed by atoms with E-state index in [9.17, 15) is 4.79 Å². The van der Waals surface area contributed by atoms with Gasteiger partial charge in [-0.05, 0) is 18.4 Å². The number of methoxy groups -OCH3 is 1. The van der Waals surface area contributed by atoms with Gasteiger partial charge in [0.2, 0.25) is 0 Å². The SMILES string of the molecule is CC.COCCCc1ccccc1C=O. The molecule has 2 heteroatoms. The van der Waals surface area contributed by atoms with Crippen LogP contribution in [0.3, 0.4) is 0 Å². The average molecular weight is 208 g/mol. The van der Waals surface area contributed by atoms with Crippen molar-refractivity contribution in [3.05, 3.63) is 35.4 Å². The van der Waals surface area contributed by atoms with Crippen molar-refractivity contribution in [3.8, 4) is 0 Å². The number of hydrogen-bond donors (Lipinski definition) is 0. The Morgan fingerprint density at radius 1 is 1.27 bits per heavy atom. The molecule has 0 aromatic heterocycles. The van der Waals surface area contributed by atoms with Gasteiger partial charge in [-0.3, -0.25) is 4.79 Å². The van der Waals surface area contributed by atoms with Crippen molar-refractivity contribution in [2.45, 2.75) is 26.7 Å². The second-order valence-electron chi connectivity index (χ2n) is 2.91. The lowest BCUT2D eigenvalue weighted by molar-refractivity contribution is 0.112. The van der Waals surface area contributed by atoms with E-state index in [-0.39, 0.29) is 0 Å². The zero-order chi connectivity index (χ0) is 11.5. The van der Waals surface area contributed by atoms with Crippen LogP contribution < -0.4 is 0 Å². The first-order valence-electron chi connectivity index (χ1n) is 5.40. The molecule has 0 amide bonds. The van der Waals surface area contributed by atoms with Gasteiger partial charge in [-0.2, -0.15) is 0 Å². The van der Waals surface area contributed by atoms with Crippen LogP contribution in [0.25, 0.3) is 0 Å². The number of ether oxygens (including phenoxy) is 1. The van der Waals surface area contributed by atoms with Gasteiger partial charge in [0.05, 0.1) is 0 Å². The minimum Gasteiger partial charge on any atom is -0.385 e. The van der Waals surface area contributed by atoms with Crippen LogP contribution in [0.2, 0.25) is 0 Å². The minimum atomic E-state index is 0.743. The van der Waals surface area contributed by atoms with E-state index < -0.39 is 0 Å². The summed E-state index contributed by atoms with van der Waals surface area (Å²) in [5.41, 5.74) is 1.90. The molecule has 0 N–H and O–H groups in total. The molecule has 0 aliphatic carbocycles. The van der Waals surface area contributed by atoms with Crippen molar-refractivity contribution in [1.29, 1.82) is 0 Å². The Hall–Kier alpha value is -1.15. The van der Waals surface area contributed by atoms with Gasteiger partial charge in [-0.1, -0.05) is 38.1 Å². The Kier molecular flexibility index (Phi) is 8.69. The summed E-state index contributed by atoms with van der Waals surface area (Å²) in [6, 6.07) is 7.66. The van der Waals surface area contributed by atoms with E-state index in [4.69, 9.17) is 4.74 Å². The Morgan fingerprint density at radius 3 is 2.53 bits per heavy atom. The second-order valence-corrected chi connectivity index (χ2v) is 2.91. The first-order chi connectivity index (χ1) is 7.38. The number of aldehydes is 1. The van der Waals surface area contributed by atoms with Crippen molar-refractivity contribution in [2.75, 3.05) is 13.7 Å². The van der Waals surface area contributed by atoms with E-state index in [2.05, 4.69) is 0 Å². The number of aryl methyl sites for hydroxylation is 1. The van der Waals surface area contributed by atoms with Gasteiger partial charge in [-0.25, -0.2) is 0 Å². The van der Waals surface area contributed by atoms with E-state index in [0.29, 0.717) is 0 Å². The van der Waals surface area contributed by atoms with Gasteiger partial charge in [0, 0.05) is 19.3 Å². The van der Waals surface area contributed by atoms with E-state index in [1.165, 1.54) is 0 Å². The normalized spacial score (nSPS) is 9.00. The van der Waals surface area contributed by atoms with Gasteiger partial charge >= 0.3 is 0 Å². The fourth-order valence-corrected chi connectivity index (χ4v) is 1.28. The van der Waals surface area contributed by atoms with Crippen molar-refractivity contribution in [3.63, 3.8) is 0 Å². The molecule has 84 valence electrons. The Labute approximate surface area is 92.3 Å². The van der Waals surface area contributed by atoms with Gasteiger partial charge in [-0.15, -0.1) is 0 Å². The first kappa shape index (κ1) is 13.8. The molecular formula is C13H20O2. The molecule has 0 atom stereocenters. The standard InChI is InChI=1S/C11H14O2.C2H6/c1-13-8-4-7-10-5-2-3-6-11(10)9-12;1-2/h2-3,5-6,9H,4,7-8H2,1H3;1-2H3. The zero-order valence-corrected chi connectivity index (χ0v) is 9.82. The molecule has 0 heterocycles. The van der Waals surface area contributed by atoms with E-state index >= 15 is 0 Å². The molecule has 15 heavy (non-hydrogen) atoms. The zero-order valence-electron chi connectivity index (χ0n) is 9.82. The summed E-state index contributed by atoms with van der Waals surface area (Å²) in [4.78, 5) is 10.6. The highest BCUT2D eigenvalue weighted by atomic mass is 16.5. The number of benzene rings is 1. The highest BCUT2D eigenvalue weighted by molar-refractivity contribution is 5.77. The molecular weight excluding hydrogens is 188 g/mol. The number of carbonyl (C=O) groups is 1. The van der Waals surface area contributed by atoms with Gasteiger partial charge in [0.1, 0.15) is 6.29 Å². The largest absolute Gasteiger partial charge is 0.385 e. The summed E-state index contributed by atoms with van der Waals surface area (Å²) in [6.45, 7) is 4.74. The third kappa shape index (κ3) is 5.33. The van der Waals surface area contributed by atoms with Crippen molar-refractivity contribution in [1.82, 2.24) is 0 Å². The summed E-state index contributed by atoms with van der Waals surface area (Å²) in [5, 5.41) is 0. The Morgan fingerprint density at radius 2 is 1.93 bits per heavy atom. The predicted molar refractivity (Wildman–Crippen MR) is 63.4 cm³/mol. The number of hydrogen-bond acceptors (Lipinski definition) is 2. The molecule has 0 spiro atoms. The minimum absolute atomic E-state index is 0.743. The van der Waals surface area contributed by atoms with Gasteiger partial charge in [0.15, 0.2) is 0 Å². The summed E-state index contributed by atoms with van der Waals surface area (Å²) in [6.07, 6.45) is 2.77. The number of carbonyl (C=O) groups excluding carboxylic acids is 1. The lowest BCUT2D eigenvalue weighted by Gasteiger charge is -2.03. The maximum atomic E-state index is 10.6. The lowest BCUT2D eigenvalue weighted by Crippen LogP contribution is -1.96. The third-order valence-electron chi connectivity index (χ3n) is 1.98. The fraction of sp³-hybridized carbons (Fsp3) is 0.462. The van der Waals surface area contributed by atoms with E-state index in [0.717, 1.165) is 36.9 Å². The monoisotopic (exact) mass is 208 g/mol. The van der Waals surface area contributed by atoms with Crippen LogP contribution in [0, 0.1) is 0 Å². The highest BCUT2D eigenvalue weighted by Gasteiger charge is 1.98. The second kappa shape index (κ2) is 9.41. The van der Waals surface area contributed by atoms with E-state index in [1.807, 2.05) is 38.1 Å². The Bertz CT molecular complexity index is 269. The van der Waals surface area contributed by atoms with Gasteiger partial charge in [0.25, 0.3) is 0 Å². The van der Waals surface area contributed by atoms with Crippen LogP contribution in [0.4, 0.5) is 0 Å². The van der Waals surface area contributed by atoms with Crippen molar-refractivity contribution in [2.24, 2.45) is 0 Å². The average Bonchev–Trinajstić information content (AvgIpc) is 2.33. The summed E-state index contributed by atoms with van der Waals surface area (Å²) in [5.74, 6) is 0. The summed E-state index contributed by atoms with van der Waals surface area (Å²) >= 11 is 0. The molecule has 0 bridgehead atoms. The molecule has 0 aliphatic rings. The predicted octanol–water partition coefficient (Wildman–Crippen LogP) is 3.10.